The maximum atomic E-state index is 12.6. The van der Waals surface area contributed by atoms with Crippen LogP contribution in [0.3, 0.4) is 0 Å². The Hall–Kier alpha value is -2.21. The second kappa shape index (κ2) is 6.96. The van der Waals surface area contributed by atoms with Crippen LogP contribution in [0.5, 0.6) is 0 Å². The Morgan fingerprint density at radius 2 is 2.04 bits per heavy atom. The molecule has 1 unspecified atom stereocenters. The van der Waals surface area contributed by atoms with Gasteiger partial charge in [-0.25, -0.2) is 9.67 Å². The number of carbonyl (C=O) groups excluding carboxylic acids is 1. The molecule has 0 bridgehead atoms. The number of hydrogen-bond donors (Lipinski definition) is 1. The predicted octanol–water partition coefficient (Wildman–Crippen LogP) is 2.54. The van der Waals surface area contributed by atoms with Crippen LogP contribution in [0, 0.1) is 12.8 Å². The fourth-order valence-corrected chi connectivity index (χ4v) is 3.04. The topological polar surface area (TPSA) is 71.2 Å². The first kappa shape index (κ1) is 17.6. The molecular formula is C19H26N4O2. The molecular weight excluding hydrogens is 316 g/mol. The molecule has 1 heterocycles. The first-order valence-corrected chi connectivity index (χ1v) is 8.85. The predicted molar refractivity (Wildman–Crippen MR) is 95.9 cm³/mol. The van der Waals surface area contributed by atoms with Gasteiger partial charge in [-0.3, -0.25) is 4.79 Å². The van der Waals surface area contributed by atoms with Crippen molar-refractivity contribution < 1.29 is 9.90 Å². The molecule has 1 fully saturated rings. The molecule has 1 saturated carbocycles. The second-order valence-electron chi connectivity index (χ2n) is 7.20. The van der Waals surface area contributed by atoms with Gasteiger partial charge in [0.15, 0.2) is 0 Å². The van der Waals surface area contributed by atoms with Gasteiger partial charge in [-0.05, 0) is 43.2 Å². The average molecular weight is 342 g/mol. The molecule has 1 amide bonds. The molecule has 25 heavy (non-hydrogen) atoms. The average Bonchev–Trinajstić information content (AvgIpc) is 3.36. The van der Waals surface area contributed by atoms with E-state index in [-0.39, 0.29) is 11.7 Å². The van der Waals surface area contributed by atoms with Gasteiger partial charge in [-0.2, -0.15) is 0 Å². The molecule has 1 aromatic heterocycles. The third kappa shape index (κ3) is 3.74. The summed E-state index contributed by atoms with van der Waals surface area (Å²) in [5.74, 6) is 1.26. The van der Waals surface area contributed by atoms with Crippen molar-refractivity contribution in [1.29, 1.82) is 0 Å². The maximum absolute atomic E-state index is 12.6. The van der Waals surface area contributed by atoms with E-state index in [2.05, 4.69) is 30.0 Å². The van der Waals surface area contributed by atoms with E-state index in [0.29, 0.717) is 24.2 Å². The highest BCUT2D eigenvalue weighted by molar-refractivity contribution is 5.90. The highest BCUT2D eigenvalue weighted by Gasteiger charge is 2.32. The van der Waals surface area contributed by atoms with Crippen molar-refractivity contribution in [3.8, 4) is 5.69 Å². The monoisotopic (exact) mass is 342 g/mol. The van der Waals surface area contributed by atoms with Crippen LogP contribution in [0.1, 0.15) is 54.6 Å². The summed E-state index contributed by atoms with van der Waals surface area (Å²) >= 11 is 0. The van der Waals surface area contributed by atoms with E-state index in [1.54, 1.807) is 11.7 Å². The van der Waals surface area contributed by atoms with Crippen LogP contribution in [0.25, 0.3) is 5.69 Å². The lowest BCUT2D eigenvalue weighted by molar-refractivity contribution is 0.0634. The smallest absolute Gasteiger partial charge is 0.293 e. The standard InChI is InChI=1S/C19H26N4O2/c1-12(2)15-7-5-6-8-16(15)23-13(3)20-18(21-23)19(25)22(4)11-17(24)14-9-10-14/h5-8,12,14,17,24H,9-11H2,1-4H3. The van der Waals surface area contributed by atoms with E-state index in [1.165, 1.54) is 4.90 Å². The van der Waals surface area contributed by atoms with Gasteiger partial charge in [-0.1, -0.05) is 32.0 Å². The van der Waals surface area contributed by atoms with Crippen LogP contribution in [0.4, 0.5) is 0 Å². The van der Waals surface area contributed by atoms with Gasteiger partial charge in [-0.15, -0.1) is 5.10 Å². The second-order valence-corrected chi connectivity index (χ2v) is 7.20. The van der Waals surface area contributed by atoms with Crippen molar-refractivity contribution >= 4 is 5.91 Å². The lowest BCUT2D eigenvalue weighted by Crippen LogP contribution is -2.35. The van der Waals surface area contributed by atoms with E-state index in [4.69, 9.17) is 0 Å². The minimum absolute atomic E-state index is 0.168. The van der Waals surface area contributed by atoms with E-state index >= 15 is 0 Å². The summed E-state index contributed by atoms with van der Waals surface area (Å²) in [4.78, 5) is 18.5. The summed E-state index contributed by atoms with van der Waals surface area (Å²) < 4.78 is 1.73. The number of aliphatic hydroxyl groups is 1. The van der Waals surface area contributed by atoms with Crippen LogP contribution in [0.15, 0.2) is 24.3 Å². The molecule has 6 nitrogen and oxygen atoms in total. The van der Waals surface area contributed by atoms with Gasteiger partial charge in [0.25, 0.3) is 5.91 Å². The highest BCUT2D eigenvalue weighted by Crippen LogP contribution is 2.32. The van der Waals surface area contributed by atoms with Gasteiger partial charge in [0.1, 0.15) is 5.82 Å². The molecule has 1 atom stereocenters. The molecule has 1 N–H and O–H groups in total. The van der Waals surface area contributed by atoms with Crippen molar-refractivity contribution in [2.24, 2.45) is 5.92 Å². The number of benzene rings is 1. The summed E-state index contributed by atoms with van der Waals surface area (Å²) in [5.41, 5.74) is 2.11. The number of aromatic nitrogens is 3. The largest absolute Gasteiger partial charge is 0.391 e. The normalized spacial score (nSPS) is 15.4. The van der Waals surface area contributed by atoms with Gasteiger partial charge in [0.2, 0.25) is 5.82 Å². The van der Waals surface area contributed by atoms with Crippen LogP contribution in [0.2, 0.25) is 0 Å². The fourth-order valence-electron chi connectivity index (χ4n) is 3.04. The van der Waals surface area contributed by atoms with Crippen molar-refractivity contribution in [1.82, 2.24) is 19.7 Å². The summed E-state index contributed by atoms with van der Waals surface area (Å²) in [5, 5.41) is 14.5. The molecule has 1 aliphatic rings. The van der Waals surface area contributed by atoms with Gasteiger partial charge in [0.05, 0.1) is 11.8 Å². The molecule has 0 aliphatic heterocycles. The van der Waals surface area contributed by atoms with Crippen LogP contribution in [-0.4, -0.2) is 50.4 Å². The third-order valence-electron chi connectivity index (χ3n) is 4.72. The lowest BCUT2D eigenvalue weighted by atomic mass is 10.0. The Bertz CT molecular complexity index is 765. The Kier molecular flexibility index (Phi) is 4.90. The Labute approximate surface area is 148 Å². The van der Waals surface area contributed by atoms with Crippen LogP contribution < -0.4 is 0 Å². The quantitative estimate of drug-likeness (QED) is 0.876. The van der Waals surface area contributed by atoms with Crippen LogP contribution >= 0.6 is 0 Å². The summed E-state index contributed by atoms with van der Waals surface area (Å²) in [6.45, 7) is 6.42. The first-order chi connectivity index (χ1) is 11.9. The Morgan fingerprint density at radius 3 is 2.68 bits per heavy atom. The Morgan fingerprint density at radius 1 is 1.36 bits per heavy atom. The van der Waals surface area contributed by atoms with Crippen LogP contribution in [-0.2, 0) is 0 Å². The number of nitrogens with zero attached hydrogens (tertiary/aromatic N) is 4. The maximum Gasteiger partial charge on any atom is 0.293 e. The first-order valence-electron chi connectivity index (χ1n) is 8.85. The molecule has 1 aromatic carbocycles. The SMILES string of the molecule is Cc1nc(C(=O)N(C)CC(O)C2CC2)nn1-c1ccccc1C(C)C. The third-order valence-corrected chi connectivity index (χ3v) is 4.72. The number of aliphatic hydroxyl groups excluding tert-OH is 1. The van der Waals surface area contributed by atoms with Crippen molar-refractivity contribution in [3.63, 3.8) is 0 Å². The number of carbonyl (C=O) groups is 1. The van der Waals surface area contributed by atoms with Crippen molar-refractivity contribution in [2.45, 2.75) is 45.6 Å². The van der Waals surface area contributed by atoms with E-state index < -0.39 is 6.10 Å². The molecule has 3 rings (SSSR count). The zero-order chi connectivity index (χ0) is 18.1. The highest BCUT2D eigenvalue weighted by atomic mass is 16.3. The van der Waals surface area contributed by atoms with Gasteiger partial charge >= 0.3 is 0 Å². The molecule has 134 valence electrons. The van der Waals surface area contributed by atoms with E-state index in [1.807, 2.05) is 25.1 Å². The Balaban J connectivity index is 1.83. The minimum Gasteiger partial charge on any atom is -0.391 e. The zero-order valence-electron chi connectivity index (χ0n) is 15.3. The van der Waals surface area contributed by atoms with E-state index in [9.17, 15) is 9.90 Å². The molecule has 0 saturated heterocycles. The molecule has 2 aromatic rings. The minimum atomic E-state index is -0.459. The van der Waals surface area contributed by atoms with E-state index in [0.717, 1.165) is 24.1 Å². The zero-order valence-corrected chi connectivity index (χ0v) is 15.3. The van der Waals surface area contributed by atoms with Crippen molar-refractivity contribution in [2.75, 3.05) is 13.6 Å². The van der Waals surface area contributed by atoms with Gasteiger partial charge in [0, 0.05) is 13.6 Å². The number of para-hydroxylation sites is 1. The molecule has 6 heteroatoms. The molecule has 0 radical (unpaired) electrons. The summed E-state index contributed by atoms with van der Waals surface area (Å²) in [6.07, 6.45) is 1.63. The fraction of sp³-hybridized carbons (Fsp3) is 0.526. The summed E-state index contributed by atoms with van der Waals surface area (Å²) in [7, 11) is 1.69. The van der Waals surface area contributed by atoms with Gasteiger partial charge < -0.3 is 10.0 Å². The van der Waals surface area contributed by atoms with Crippen molar-refractivity contribution in [3.05, 3.63) is 41.5 Å². The lowest BCUT2D eigenvalue weighted by Gasteiger charge is -2.19. The number of aryl methyl sites for hydroxylation is 1. The number of amides is 1. The number of hydrogen-bond acceptors (Lipinski definition) is 4. The molecule has 1 aliphatic carbocycles. The number of rotatable bonds is 6. The number of likely N-dealkylation sites (N-methyl/N-ethyl adjacent to an activating group) is 1. The molecule has 0 spiro atoms. The summed E-state index contributed by atoms with van der Waals surface area (Å²) in [6, 6.07) is 8.03.